The number of rotatable bonds is 5. The molecule has 3 heterocycles. The molecule has 0 saturated carbocycles. The molecule has 34 heavy (non-hydrogen) atoms. The molecule has 5 rings (SSSR count). The fourth-order valence-electron chi connectivity index (χ4n) is 4.16. The number of fused-ring (bicyclic) bond motifs is 1. The molecule has 0 bridgehead atoms. The summed E-state index contributed by atoms with van der Waals surface area (Å²) in [5.41, 5.74) is 5.40. The quantitative estimate of drug-likeness (QED) is 0.303. The van der Waals surface area contributed by atoms with Crippen molar-refractivity contribution >= 4 is 28.6 Å². The summed E-state index contributed by atoms with van der Waals surface area (Å²) in [7, 11) is 0. The van der Waals surface area contributed by atoms with Gasteiger partial charge in [-0.25, -0.2) is 23.7 Å². The van der Waals surface area contributed by atoms with Crippen molar-refractivity contribution in [3.63, 3.8) is 0 Å². The van der Waals surface area contributed by atoms with Crippen molar-refractivity contribution in [1.29, 1.82) is 0 Å². The fourth-order valence-corrected chi connectivity index (χ4v) is 4.37. The van der Waals surface area contributed by atoms with Crippen LogP contribution in [0, 0.1) is 18.6 Å². The van der Waals surface area contributed by atoms with E-state index in [2.05, 4.69) is 30.2 Å². The largest absolute Gasteiger partial charge is 0.362 e. The zero-order valence-corrected chi connectivity index (χ0v) is 19.0. The second-order valence-corrected chi connectivity index (χ2v) is 8.31. The molecule has 2 aromatic carbocycles. The molecule has 0 aliphatic rings. The maximum Gasteiger partial charge on any atom is 0.182 e. The Kier molecular flexibility index (Phi) is 5.67. The number of hydrogen-bond acceptors (Lipinski definition) is 5. The highest BCUT2D eigenvalue weighted by Gasteiger charge is 2.23. The van der Waals surface area contributed by atoms with Crippen LogP contribution in [0.5, 0.6) is 0 Å². The van der Waals surface area contributed by atoms with Gasteiger partial charge in [-0.05, 0) is 77.6 Å². The lowest BCUT2D eigenvalue weighted by Gasteiger charge is -2.24. The van der Waals surface area contributed by atoms with Gasteiger partial charge in [0.2, 0.25) is 0 Å². The van der Waals surface area contributed by atoms with Crippen LogP contribution in [-0.2, 0) is 0 Å². The summed E-state index contributed by atoms with van der Waals surface area (Å²) in [4.78, 5) is 19.8. The molecule has 0 fully saturated rings. The lowest BCUT2D eigenvalue weighted by Crippen LogP contribution is -2.11. The average molecular weight is 477 g/mol. The summed E-state index contributed by atoms with van der Waals surface area (Å²) in [6.45, 7) is 3.82. The molecule has 3 aromatic heterocycles. The van der Waals surface area contributed by atoms with Gasteiger partial charge in [-0.1, -0.05) is 11.6 Å². The van der Waals surface area contributed by atoms with Crippen LogP contribution in [-0.4, -0.2) is 24.9 Å². The van der Waals surface area contributed by atoms with E-state index >= 15 is 0 Å². The summed E-state index contributed by atoms with van der Waals surface area (Å²) >= 11 is 6.68. The SMILES string of the molecule is Cc1c(Cl)cc(C(C)Nc2ncnc3nc[nH]c23)c(-c2cc(F)cc(F)c2)c1-c1ccncc1. The van der Waals surface area contributed by atoms with E-state index in [-0.39, 0.29) is 6.04 Å². The van der Waals surface area contributed by atoms with Crippen LogP contribution in [0.2, 0.25) is 5.02 Å². The average Bonchev–Trinajstić information content (AvgIpc) is 3.30. The van der Waals surface area contributed by atoms with Crippen LogP contribution in [0.15, 0.2) is 61.4 Å². The Bertz CT molecular complexity index is 1480. The highest BCUT2D eigenvalue weighted by Crippen LogP contribution is 2.43. The van der Waals surface area contributed by atoms with E-state index in [9.17, 15) is 8.78 Å². The Morgan fingerprint density at radius 1 is 0.941 bits per heavy atom. The van der Waals surface area contributed by atoms with Gasteiger partial charge in [0, 0.05) is 23.5 Å². The van der Waals surface area contributed by atoms with Crippen LogP contribution in [0.3, 0.4) is 0 Å². The van der Waals surface area contributed by atoms with Gasteiger partial charge in [0.1, 0.15) is 23.5 Å². The lowest BCUT2D eigenvalue weighted by molar-refractivity contribution is 0.584. The molecule has 5 aromatic rings. The van der Waals surface area contributed by atoms with E-state index < -0.39 is 11.6 Å². The molecule has 1 atom stereocenters. The minimum absolute atomic E-state index is 0.346. The molecule has 2 N–H and O–H groups in total. The van der Waals surface area contributed by atoms with Crippen molar-refractivity contribution < 1.29 is 8.78 Å². The predicted molar refractivity (Wildman–Crippen MR) is 128 cm³/mol. The third kappa shape index (κ3) is 3.97. The normalized spacial score (nSPS) is 12.1. The molecule has 9 heteroatoms. The van der Waals surface area contributed by atoms with E-state index in [1.54, 1.807) is 18.7 Å². The van der Waals surface area contributed by atoms with Gasteiger partial charge in [0.15, 0.2) is 11.5 Å². The lowest BCUT2D eigenvalue weighted by atomic mass is 9.85. The van der Waals surface area contributed by atoms with Crippen LogP contribution < -0.4 is 5.32 Å². The number of nitrogens with zero attached hydrogens (tertiary/aromatic N) is 4. The minimum Gasteiger partial charge on any atom is -0.362 e. The Balaban J connectivity index is 1.75. The summed E-state index contributed by atoms with van der Waals surface area (Å²) in [6.07, 6.45) is 6.30. The van der Waals surface area contributed by atoms with Crippen molar-refractivity contribution in [2.75, 3.05) is 5.32 Å². The van der Waals surface area contributed by atoms with E-state index in [0.29, 0.717) is 33.1 Å². The van der Waals surface area contributed by atoms with Crippen LogP contribution in [0.1, 0.15) is 24.1 Å². The monoisotopic (exact) mass is 476 g/mol. The Labute approximate surface area is 199 Å². The molecule has 6 nitrogen and oxygen atoms in total. The first-order chi connectivity index (χ1) is 16.4. The van der Waals surface area contributed by atoms with Gasteiger partial charge in [-0.15, -0.1) is 0 Å². The third-order valence-corrected chi connectivity index (χ3v) is 6.11. The second kappa shape index (κ2) is 8.79. The number of anilines is 1. The molecule has 0 radical (unpaired) electrons. The number of halogens is 3. The topological polar surface area (TPSA) is 79.4 Å². The van der Waals surface area contributed by atoms with Crippen LogP contribution in [0.4, 0.5) is 14.6 Å². The van der Waals surface area contributed by atoms with Crippen molar-refractivity contribution in [2.24, 2.45) is 0 Å². The molecule has 0 aliphatic heterocycles. The number of imidazole rings is 1. The van der Waals surface area contributed by atoms with Crippen molar-refractivity contribution in [3.8, 4) is 22.3 Å². The number of H-pyrrole nitrogens is 1. The van der Waals surface area contributed by atoms with Gasteiger partial charge < -0.3 is 10.3 Å². The summed E-state index contributed by atoms with van der Waals surface area (Å²) in [5, 5.41) is 3.90. The number of aromatic nitrogens is 5. The summed E-state index contributed by atoms with van der Waals surface area (Å²) < 4.78 is 28.7. The van der Waals surface area contributed by atoms with Gasteiger partial charge in [0.25, 0.3) is 0 Å². The van der Waals surface area contributed by atoms with Crippen LogP contribution in [0.25, 0.3) is 33.4 Å². The highest BCUT2D eigenvalue weighted by molar-refractivity contribution is 6.32. The molecule has 0 saturated heterocycles. The van der Waals surface area contributed by atoms with Gasteiger partial charge >= 0.3 is 0 Å². The maximum absolute atomic E-state index is 14.3. The number of aromatic amines is 1. The van der Waals surface area contributed by atoms with Crippen molar-refractivity contribution in [1.82, 2.24) is 24.9 Å². The van der Waals surface area contributed by atoms with E-state index in [4.69, 9.17) is 11.6 Å². The maximum atomic E-state index is 14.3. The summed E-state index contributed by atoms with van der Waals surface area (Å²) in [5.74, 6) is -0.775. The molecule has 0 amide bonds. The van der Waals surface area contributed by atoms with E-state index in [0.717, 1.165) is 28.3 Å². The summed E-state index contributed by atoms with van der Waals surface area (Å²) in [6, 6.07) is 8.67. The van der Waals surface area contributed by atoms with E-state index in [1.807, 2.05) is 32.0 Å². The Morgan fingerprint density at radius 2 is 1.68 bits per heavy atom. The molecular weight excluding hydrogens is 458 g/mol. The van der Waals surface area contributed by atoms with Crippen molar-refractivity contribution in [2.45, 2.75) is 19.9 Å². The zero-order chi connectivity index (χ0) is 23.8. The number of benzene rings is 2. The molecule has 170 valence electrons. The minimum atomic E-state index is -0.662. The van der Waals surface area contributed by atoms with Gasteiger partial charge in [-0.3, -0.25) is 4.98 Å². The first-order valence-electron chi connectivity index (χ1n) is 10.5. The Morgan fingerprint density at radius 3 is 2.41 bits per heavy atom. The fraction of sp³-hybridized carbons (Fsp3) is 0.120. The molecule has 0 spiro atoms. The first kappa shape index (κ1) is 21.9. The van der Waals surface area contributed by atoms with E-state index in [1.165, 1.54) is 18.5 Å². The van der Waals surface area contributed by atoms with Crippen molar-refractivity contribution in [3.05, 3.63) is 89.2 Å². The van der Waals surface area contributed by atoms with Gasteiger partial charge in [0.05, 0.1) is 12.4 Å². The first-order valence-corrected chi connectivity index (χ1v) is 10.9. The van der Waals surface area contributed by atoms with Gasteiger partial charge in [-0.2, -0.15) is 0 Å². The van der Waals surface area contributed by atoms with Crippen LogP contribution >= 0.6 is 11.6 Å². The standard InChI is InChI=1S/C25H19ClF2N6/c1-13-20(26)10-19(14(2)34-25-23-24(31-11-30-23)32-12-33-25)22(16-7-17(27)9-18(28)8-16)21(13)15-3-5-29-6-4-15/h3-12,14H,1-2H3,(H2,30,31,32,33,34). The molecule has 1 unspecified atom stereocenters. The number of hydrogen-bond donors (Lipinski definition) is 2. The molecular formula is C25H19ClF2N6. The number of nitrogens with one attached hydrogen (secondary N) is 2. The smallest absolute Gasteiger partial charge is 0.182 e. The predicted octanol–water partition coefficient (Wildman–Crippen LogP) is 6.50. The third-order valence-electron chi connectivity index (χ3n) is 5.72. The Hall–Kier alpha value is -3.91. The highest BCUT2D eigenvalue weighted by atomic mass is 35.5. The number of pyridine rings is 1. The zero-order valence-electron chi connectivity index (χ0n) is 18.3. The second-order valence-electron chi connectivity index (χ2n) is 7.91. The molecule has 0 aliphatic carbocycles.